The van der Waals surface area contributed by atoms with Crippen molar-refractivity contribution >= 4 is 37.4 Å². The Hall–Kier alpha value is -1.12. The van der Waals surface area contributed by atoms with Crippen molar-refractivity contribution in [3.8, 4) is 0 Å². The maximum atomic E-state index is 3.96. The Labute approximate surface area is 131 Å². The lowest BCUT2D eigenvalue weighted by molar-refractivity contribution is 0.793. The van der Waals surface area contributed by atoms with E-state index < -0.39 is 0 Å². The van der Waals surface area contributed by atoms with Crippen LogP contribution in [0.4, 0.5) is 0 Å². The minimum Gasteiger partial charge on any atom is -0.143 e. The van der Waals surface area contributed by atoms with Crippen LogP contribution in [0, 0.1) is 5.92 Å². The maximum Gasteiger partial charge on any atom is 0.0443 e. The predicted octanol–water partition coefficient (Wildman–Crippen LogP) is 6.14. The van der Waals surface area contributed by atoms with E-state index in [4.69, 9.17) is 0 Å². The molecule has 0 aliphatic heterocycles. The molecule has 2 aromatic carbocycles. The maximum absolute atomic E-state index is 3.96. The van der Waals surface area contributed by atoms with E-state index in [1.807, 2.05) is 11.3 Å². The van der Waals surface area contributed by atoms with Gasteiger partial charge in [-0.25, -0.2) is 0 Å². The largest absolute Gasteiger partial charge is 0.143 e. The van der Waals surface area contributed by atoms with Crippen molar-refractivity contribution in [2.45, 2.75) is 17.2 Å². The van der Waals surface area contributed by atoms with Gasteiger partial charge in [0.15, 0.2) is 0 Å². The smallest absolute Gasteiger partial charge is 0.0443 e. The van der Waals surface area contributed by atoms with E-state index >= 15 is 0 Å². The molecule has 1 fully saturated rings. The van der Waals surface area contributed by atoms with Crippen molar-refractivity contribution in [1.82, 2.24) is 0 Å². The van der Waals surface area contributed by atoms with Crippen LogP contribution in [0.5, 0.6) is 0 Å². The van der Waals surface area contributed by atoms with Gasteiger partial charge in [0.1, 0.15) is 0 Å². The molecule has 0 N–H and O–H groups in total. The molecule has 1 heterocycles. The van der Waals surface area contributed by atoms with Crippen LogP contribution < -0.4 is 0 Å². The van der Waals surface area contributed by atoms with Crippen LogP contribution in [-0.2, 0) is 0 Å². The van der Waals surface area contributed by atoms with Crippen LogP contribution in [0.1, 0.15) is 28.3 Å². The number of alkyl halides is 1. The number of hydrogen-bond donors (Lipinski definition) is 0. The second-order valence-corrected chi connectivity index (χ2v) is 7.40. The molecule has 20 heavy (non-hydrogen) atoms. The molecule has 2 heteroatoms. The topological polar surface area (TPSA) is 0 Å². The van der Waals surface area contributed by atoms with Gasteiger partial charge in [-0.3, -0.25) is 0 Å². The van der Waals surface area contributed by atoms with E-state index in [1.54, 1.807) is 0 Å². The lowest BCUT2D eigenvalue weighted by Crippen LogP contribution is -1.93. The first kappa shape index (κ1) is 12.6. The second kappa shape index (κ2) is 5.01. The monoisotopic (exact) mass is 342 g/mol. The molecule has 4 rings (SSSR count). The average Bonchev–Trinajstić information content (AvgIpc) is 3.20. The number of rotatable bonds is 3. The summed E-state index contributed by atoms with van der Waals surface area (Å²) in [5.74, 6) is 1.45. The third kappa shape index (κ3) is 2.11. The van der Waals surface area contributed by atoms with Crippen molar-refractivity contribution in [1.29, 1.82) is 0 Å². The van der Waals surface area contributed by atoms with Gasteiger partial charge in [0.25, 0.3) is 0 Å². The third-order valence-electron chi connectivity index (χ3n) is 4.25. The minimum absolute atomic E-state index is 0.476. The Morgan fingerprint density at radius 3 is 2.60 bits per heavy atom. The van der Waals surface area contributed by atoms with Crippen LogP contribution in [-0.4, -0.2) is 0 Å². The first-order valence-corrected chi connectivity index (χ1v) is 8.79. The highest BCUT2D eigenvalue weighted by atomic mass is 79.9. The quantitative estimate of drug-likeness (QED) is 0.501. The molecule has 100 valence electrons. The molecule has 0 saturated heterocycles. The summed E-state index contributed by atoms with van der Waals surface area (Å²) < 4.78 is 1.39. The van der Waals surface area contributed by atoms with Crippen LogP contribution in [0.3, 0.4) is 0 Å². The predicted molar refractivity (Wildman–Crippen MR) is 90.8 cm³/mol. The van der Waals surface area contributed by atoms with Crippen molar-refractivity contribution in [3.05, 3.63) is 71.1 Å². The fourth-order valence-electron chi connectivity index (χ4n) is 3.06. The molecular formula is C18H15BrS. The van der Waals surface area contributed by atoms with Gasteiger partial charge in [-0.05, 0) is 46.2 Å². The number of halogens is 1. The Bertz CT molecular complexity index is 731. The molecule has 1 aliphatic carbocycles. The molecule has 1 aliphatic rings. The van der Waals surface area contributed by atoms with Crippen LogP contribution in [0.2, 0.25) is 0 Å². The minimum atomic E-state index is 0.476. The van der Waals surface area contributed by atoms with Gasteiger partial charge in [-0.1, -0.05) is 64.5 Å². The van der Waals surface area contributed by atoms with Gasteiger partial charge >= 0.3 is 0 Å². The number of fused-ring (bicyclic) bond motifs is 1. The van der Waals surface area contributed by atoms with E-state index in [1.165, 1.54) is 27.6 Å². The van der Waals surface area contributed by atoms with Crippen molar-refractivity contribution in [2.24, 2.45) is 5.92 Å². The van der Waals surface area contributed by atoms with Crippen molar-refractivity contribution in [2.75, 3.05) is 0 Å². The van der Waals surface area contributed by atoms with E-state index in [-0.39, 0.29) is 0 Å². The highest BCUT2D eigenvalue weighted by Gasteiger charge is 2.43. The molecule has 0 radical (unpaired) electrons. The highest BCUT2D eigenvalue weighted by molar-refractivity contribution is 9.09. The SMILES string of the molecule is BrC(c1csc2ccccc12)C1CC1c1ccccc1. The standard InChI is InChI=1S/C18H15BrS/c19-18(15-10-14(15)12-6-2-1-3-7-12)16-11-20-17-9-5-4-8-13(16)17/h1-9,11,14-15,18H,10H2. The molecule has 3 aromatic rings. The van der Waals surface area contributed by atoms with Crippen LogP contribution >= 0.6 is 27.3 Å². The normalized spacial score (nSPS) is 22.9. The first-order valence-electron chi connectivity index (χ1n) is 7.00. The number of hydrogen-bond acceptors (Lipinski definition) is 1. The third-order valence-corrected chi connectivity index (χ3v) is 6.41. The molecular weight excluding hydrogens is 328 g/mol. The zero-order valence-electron chi connectivity index (χ0n) is 11.0. The summed E-state index contributed by atoms with van der Waals surface area (Å²) in [6.45, 7) is 0. The first-order chi connectivity index (χ1) is 9.84. The summed E-state index contributed by atoms with van der Waals surface area (Å²) in [5.41, 5.74) is 2.95. The van der Waals surface area contributed by atoms with Crippen molar-refractivity contribution < 1.29 is 0 Å². The summed E-state index contributed by atoms with van der Waals surface area (Å²) in [6, 6.07) is 19.6. The molecule has 3 unspecified atom stereocenters. The molecule has 0 amide bonds. The van der Waals surface area contributed by atoms with E-state index in [9.17, 15) is 0 Å². The molecule has 1 aromatic heterocycles. The summed E-state index contributed by atoms with van der Waals surface area (Å²) in [4.78, 5) is 0.476. The number of thiophene rings is 1. The molecule has 1 saturated carbocycles. The molecule has 0 bridgehead atoms. The fraction of sp³-hybridized carbons (Fsp3) is 0.222. The Balaban J connectivity index is 1.61. The van der Waals surface area contributed by atoms with Gasteiger partial charge in [0, 0.05) is 9.53 Å². The highest BCUT2D eigenvalue weighted by Crippen LogP contribution is 2.58. The van der Waals surface area contributed by atoms with E-state index in [0.717, 1.165) is 11.8 Å². The lowest BCUT2D eigenvalue weighted by atomic mass is 10.0. The molecule has 0 nitrogen and oxygen atoms in total. The lowest BCUT2D eigenvalue weighted by Gasteiger charge is -2.09. The van der Waals surface area contributed by atoms with Gasteiger partial charge in [0.05, 0.1) is 0 Å². The Morgan fingerprint density at radius 1 is 1.00 bits per heavy atom. The second-order valence-electron chi connectivity index (χ2n) is 5.51. The Kier molecular flexibility index (Phi) is 3.16. The molecule has 0 spiro atoms. The zero-order chi connectivity index (χ0) is 13.5. The summed E-state index contributed by atoms with van der Waals surface area (Å²) in [7, 11) is 0. The zero-order valence-corrected chi connectivity index (χ0v) is 13.4. The van der Waals surface area contributed by atoms with Gasteiger partial charge < -0.3 is 0 Å². The van der Waals surface area contributed by atoms with E-state index in [2.05, 4.69) is 75.9 Å². The van der Waals surface area contributed by atoms with Crippen LogP contribution in [0.25, 0.3) is 10.1 Å². The van der Waals surface area contributed by atoms with Gasteiger partial charge in [-0.2, -0.15) is 0 Å². The van der Waals surface area contributed by atoms with E-state index in [0.29, 0.717) is 4.83 Å². The van der Waals surface area contributed by atoms with Gasteiger partial charge in [0.2, 0.25) is 0 Å². The number of benzene rings is 2. The summed E-state index contributed by atoms with van der Waals surface area (Å²) in [6.07, 6.45) is 1.30. The van der Waals surface area contributed by atoms with Gasteiger partial charge in [-0.15, -0.1) is 11.3 Å². The van der Waals surface area contributed by atoms with Crippen molar-refractivity contribution in [3.63, 3.8) is 0 Å². The fourth-order valence-corrected chi connectivity index (χ4v) is 5.20. The summed E-state index contributed by atoms with van der Waals surface area (Å²) in [5, 5.41) is 3.74. The Morgan fingerprint density at radius 2 is 1.75 bits per heavy atom. The molecule has 3 atom stereocenters. The average molecular weight is 343 g/mol. The summed E-state index contributed by atoms with van der Waals surface area (Å²) >= 11 is 5.81. The van der Waals surface area contributed by atoms with Crippen LogP contribution in [0.15, 0.2) is 60.0 Å².